The van der Waals surface area contributed by atoms with Crippen molar-refractivity contribution in [3.8, 4) is 0 Å². The number of allylic oxidation sites excluding steroid dienone is 1. The Morgan fingerprint density at radius 2 is 2.14 bits per heavy atom. The molecule has 1 heteroatoms. The summed E-state index contributed by atoms with van der Waals surface area (Å²) in [5.74, 6) is 0.616. The largest absolute Gasteiger partial charge is 0.261 e. The summed E-state index contributed by atoms with van der Waals surface area (Å²) in [7, 11) is 0. The topological polar surface area (TPSA) is 12.4 Å². The van der Waals surface area contributed by atoms with Gasteiger partial charge in [-0.3, -0.25) is 4.99 Å². The second kappa shape index (κ2) is 1.49. The van der Waals surface area contributed by atoms with Crippen molar-refractivity contribution < 1.29 is 0 Å². The number of aliphatic imine (C=N–C) groups is 1. The van der Waals surface area contributed by atoms with Crippen LogP contribution in [0.25, 0.3) is 0 Å². The highest BCUT2D eigenvalue weighted by Gasteiger charge is 2.02. The molecule has 0 aromatic rings. The van der Waals surface area contributed by atoms with Crippen LogP contribution in [0.15, 0.2) is 17.3 Å². The molecular formula is C6H9N. The Morgan fingerprint density at radius 1 is 1.57 bits per heavy atom. The first kappa shape index (κ1) is 4.57. The Bertz CT molecular complexity index is 120. The van der Waals surface area contributed by atoms with Crippen LogP contribution in [0.3, 0.4) is 0 Å². The molecule has 38 valence electrons. The maximum atomic E-state index is 4.00. The van der Waals surface area contributed by atoms with Gasteiger partial charge in [-0.25, -0.2) is 0 Å². The van der Waals surface area contributed by atoms with Gasteiger partial charge in [-0.15, -0.1) is 0 Å². The van der Waals surface area contributed by atoms with Gasteiger partial charge in [0.2, 0.25) is 0 Å². The van der Waals surface area contributed by atoms with Gasteiger partial charge in [-0.1, -0.05) is 13.8 Å². The van der Waals surface area contributed by atoms with E-state index in [4.69, 9.17) is 0 Å². The van der Waals surface area contributed by atoms with Crippen molar-refractivity contribution in [3.63, 3.8) is 0 Å². The highest BCUT2D eigenvalue weighted by Crippen LogP contribution is 2.05. The van der Waals surface area contributed by atoms with Gasteiger partial charge in [0.15, 0.2) is 0 Å². The first-order valence-corrected chi connectivity index (χ1v) is 2.55. The average molecular weight is 95.1 g/mol. The van der Waals surface area contributed by atoms with Crippen molar-refractivity contribution in [3.05, 3.63) is 12.3 Å². The summed E-state index contributed by atoms with van der Waals surface area (Å²) < 4.78 is 0. The Hall–Kier alpha value is -0.590. The van der Waals surface area contributed by atoms with Crippen molar-refractivity contribution in [2.45, 2.75) is 13.8 Å². The quantitative estimate of drug-likeness (QED) is 0.469. The number of nitrogens with zero attached hydrogens (tertiary/aromatic N) is 1. The fourth-order valence-electron chi connectivity index (χ4n) is 0.502. The van der Waals surface area contributed by atoms with E-state index in [1.807, 2.05) is 12.3 Å². The van der Waals surface area contributed by atoms with Crippen LogP contribution in [0, 0.1) is 5.92 Å². The molecule has 1 aliphatic rings. The summed E-state index contributed by atoms with van der Waals surface area (Å²) in [6.45, 7) is 4.28. The lowest BCUT2D eigenvalue weighted by molar-refractivity contribution is 0.882. The summed E-state index contributed by atoms with van der Waals surface area (Å²) in [6.07, 6.45) is 3.88. The Labute approximate surface area is 43.8 Å². The van der Waals surface area contributed by atoms with Crippen LogP contribution in [0.5, 0.6) is 0 Å². The van der Waals surface area contributed by atoms with E-state index in [-0.39, 0.29) is 0 Å². The third kappa shape index (κ3) is 0.710. The molecule has 0 unspecified atom stereocenters. The molecule has 0 aliphatic carbocycles. The lowest BCUT2D eigenvalue weighted by Gasteiger charge is -2.07. The molecule has 0 atom stereocenters. The number of rotatable bonds is 1. The van der Waals surface area contributed by atoms with E-state index in [9.17, 15) is 0 Å². The average Bonchev–Trinajstić information content (AvgIpc) is 1.23. The maximum Gasteiger partial charge on any atom is 0.0444 e. The summed E-state index contributed by atoms with van der Waals surface area (Å²) >= 11 is 0. The fourth-order valence-corrected chi connectivity index (χ4v) is 0.502. The van der Waals surface area contributed by atoms with Crippen LogP contribution in [0.2, 0.25) is 0 Å². The molecule has 0 N–H and O–H groups in total. The van der Waals surface area contributed by atoms with E-state index in [1.54, 1.807) is 0 Å². The van der Waals surface area contributed by atoms with Crippen LogP contribution in [-0.4, -0.2) is 5.71 Å². The molecule has 7 heavy (non-hydrogen) atoms. The highest BCUT2D eigenvalue weighted by atomic mass is 14.8. The van der Waals surface area contributed by atoms with Gasteiger partial charge < -0.3 is 0 Å². The van der Waals surface area contributed by atoms with Crippen LogP contribution in [-0.2, 0) is 0 Å². The van der Waals surface area contributed by atoms with Crippen molar-refractivity contribution in [1.29, 1.82) is 0 Å². The second-order valence-electron chi connectivity index (χ2n) is 2.02. The zero-order valence-corrected chi connectivity index (χ0v) is 4.68. The molecule has 0 aromatic carbocycles. The molecular weight excluding hydrogens is 86.1 g/mol. The fraction of sp³-hybridized carbons (Fsp3) is 0.500. The van der Waals surface area contributed by atoms with Crippen LogP contribution >= 0.6 is 0 Å². The van der Waals surface area contributed by atoms with Crippen molar-refractivity contribution >= 4 is 5.71 Å². The zero-order chi connectivity index (χ0) is 5.28. The lowest BCUT2D eigenvalue weighted by atomic mass is 10.1. The minimum Gasteiger partial charge on any atom is -0.261 e. The molecule has 0 fully saturated rings. The molecule has 1 nitrogen and oxygen atoms in total. The molecule has 0 spiro atoms. The van der Waals surface area contributed by atoms with Crippen molar-refractivity contribution in [2.24, 2.45) is 10.9 Å². The molecule has 0 saturated carbocycles. The molecule has 0 aromatic heterocycles. The van der Waals surface area contributed by atoms with E-state index in [0.717, 1.165) is 0 Å². The molecule has 1 rings (SSSR count). The highest BCUT2D eigenvalue weighted by molar-refractivity contribution is 6.00. The molecule has 0 saturated heterocycles. The van der Waals surface area contributed by atoms with Crippen molar-refractivity contribution in [1.82, 2.24) is 0 Å². The molecule has 0 bridgehead atoms. The van der Waals surface area contributed by atoms with E-state index < -0.39 is 0 Å². The zero-order valence-electron chi connectivity index (χ0n) is 4.68. The van der Waals surface area contributed by atoms with Crippen molar-refractivity contribution in [2.75, 3.05) is 0 Å². The van der Waals surface area contributed by atoms with Crippen LogP contribution < -0.4 is 0 Å². The normalized spacial score (nSPS) is 16.7. The van der Waals surface area contributed by atoms with Gasteiger partial charge in [0.05, 0.1) is 0 Å². The SMILES string of the molecule is CC(C)C1=NC=C1. The van der Waals surface area contributed by atoms with E-state index in [2.05, 4.69) is 18.8 Å². The Morgan fingerprint density at radius 3 is 2.14 bits per heavy atom. The molecule has 1 heterocycles. The summed E-state index contributed by atoms with van der Waals surface area (Å²) in [4.78, 5) is 4.00. The predicted octanol–water partition coefficient (Wildman–Crippen LogP) is 1.61. The molecule has 0 amide bonds. The Balaban J connectivity index is 2.43. The summed E-state index contributed by atoms with van der Waals surface area (Å²) in [6, 6.07) is 0. The minimum absolute atomic E-state index is 0.616. The molecule has 0 radical (unpaired) electrons. The number of hydrogen-bond donors (Lipinski definition) is 0. The first-order chi connectivity index (χ1) is 3.30. The summed E-state index contributed by atoms with van der Waals surface area (Å²) in [5.41, 5.74) is 1.22. The summed E-state index contributed by atoms with van der Waals surface area (Å²) in [5, 5.41) is 0. The maximum absolute atomic E-state index is 4.00. The monoisotopic (exact) mass is 95.1 g/mol. The Kier molecular flexibility index (Phi) is 0.970. The third-order valence-corrected chi connectivity index (χ3v) is 1.06. The van der Waals surface area contributed by atoms with E-state index >= 15 is 0 Å². The van der Waals surface area contributed by atoms with E-state index in [0.29, 0.717) is 5.92 Å². The smallest absolute Gasteiger partial charge is 0.0444 e. The lowest BCUT2D eigenvalue weighted by Crippen LogP contribution is -2.07. The first-order valence-electron chi connectivity index (χ1n) is 2.55. The van der Waals surface area contributed by atoms with Gasteiger partial charge >= 0.3 is 0 Å². The van der Waals surface area contributed by atoms with Gasteiger partial charge in [0, 0.05) is 11.9 Å². The predicted molar refractivity (Wildman–Crippen MR) is 31.4 cm³/mol. The van der Waals surface area contributed by atoms with Gasteiger partial charge in [-0.2, -0.15) is 0 Å². The van der Waals surface area contributed by atoms with Crippen LogP contribution in [0.4, 0.5) is 0 Å². The number of hydrogen-bond acceptors (Lipinski definition) is 1. The molecule has 1 aliphatic heterocycles. The standard InChI is InChI=1S/C6H9N/c1-5(2)6-3-4-7-6/h3-5H,1-2H3. The van der Waals surface area contributed by atoms with Gasteiger partial charge in [0.1, 0.15) is 0 Å². The second-order valence-corrected chi connectivity index (χ2v) is 2.02. The minimum atomic E-state index is 0.616. The van der Waals surface area contributed by atoms with Gasteiger partial charge in [0.25, 0.3) is 0 Å². The van der Waals surface area contributed by atoms with Crippen LogP contribution in [0.1, 0.15) is 13.8 Å². The van der Waals surface area contributed by atoms with E-state index in [1.165, 1.54) is 5.71 Å². The van der Waals surface area contributed by atoms with Gasteiger partial charge in [-0.05, 0) is 12.0 Å². The third-order valence-electron chi connectivity index (χ3n) is 1.06.